The first-order valence-corrected chi connectivity index (χ1v) is 10.4. The van der Waals surface area contributed by atoms with Gasteiger partial charge >= 0.3 is 0 Å². The number of amides is 2. The standard InChI is InChI=1S/C26H30N4O4/c1-8-9-10-17(2)18(3)22-23(19(4)34-7)28-26(27-22)29-24(31)20-11-13-21(14-12-20)25(32)30(5)15-16-33-6/h8-14H,1-4,15-16H2,5-7H3,(H2,27,28,29,31)/b10-9-. The van der Waals surface area contributed by atoms with Crippen LogP contribution in [0, 0.1) is 0 Å². The molecule has 0 aliphatic carbocycles. The number of nitrogens with zero attached hydrogens (tertiary/aromatic N) is 2. The average Bonchev–Trinajstić information content (AvgIpc) is 3.27. The zero-order valence-electron chi connectivity index (χ0n) is 19.8. The van der Waals surface area contributed by atoms with E-state index < -0.39 is 5.91 Å². The van der Waals surface area contributed by atoms with Crippen molar-refractivity contribution >= 4 is 29.1 Å². The molecule has 2 N–H and O–H groups in total. The molecule has 178 valence electrons. The molecule has 34 heavy (non-hydrogen) atoms. The average molecular weight is 463 g/mol. The van der Waals surface area contributed by atoms with Gasteiger partial charge in [0.15, 0.2) is 0 Å². The molecule has 0 bridgehead atoms. The molecule has 8 nitrogen and oxygen atoms in total. The highest BCUT2D eigenvalue weighted by molar-refractivity contribution is 6.04. The molecule has 0 radical (unpaired) electrons. The Morgan fingerprint density at radius 2 is 1.79 bits per heavy atom. The first-order valence-electron chi connectivity index (χ1n) is 10.4. The fourth-order valence-corrected chi connectivity index (χ4v) is 2.89. The highest BCUT2D eigenvalue weighted by Gasteiger charge is 2.19. The molecule has 0 aliphatic heterocycles. The summed E-state index contributed by atoms with van der Waals surface area (Å²) in [7, 11) is 4.75. The predicted molar refractivity (Wildman–Crippen MR) is 135 cm³/mol. The SMILES string of the molecule is C=C/C=C\C(=C)C(=C)c1nc(NC(=O)c2ccc(C(=O)N(C)CCOC)cc2)[nH]c1C(=C)OC. The lowest BCUT2D eigenvalue weighted by atomic mass is 10.0. The number of methoxy groups -OCH3 is 2. The van der Waals surface area contributed by atoms with E-state index in [4.69, 9.17) is 9.47 Å². The van der Waals surface area contributed by atoms with Gasteiger partial charge in [-0.15, -0.1) is 0 Å². The molecule has 8 heteroatoms. The van der Waals surface area contributed by atoms with Crippen LogP contribution in [0.1, 0.15) is 32.1 Å². The lowest BCUT2D eigenvalue weighted by Gasteiger charge is -2.16. The van der Waals surface area contributed by atoms with Crippen LogP contribution in [0.5, 0.6) is 0 Å². The summed E-state index contributed by atoms with van der Waals surface area (Å²) in [5.74, 6) is -0.0522. The van der Waals surface area contributed by atoms with Crippen molar-refractivity contribution in [1.82, 2.24) is 14.9 Å². The third kappa shape index (κ3) is 6.43. The molecule has 0 saturated carbocycles. The summed E-state index contributed by atoms with van der Waals surface area (Å²) >= 11 is 0. The van der Waals surface area contributed by atoms with Crippen LogP contribution in [0.3, 0.4) is 0 Å². The zero-order chi connectivity index (χ0) is 25.3. The van der Waals surface area contributed by atoms with E-state index in [0.717, 1.165) is 0 Å². The maximum Gasteiger partial charge on any atom is 0.257 e. The van der Waals surface area contributed by atoms with Crippen molar-refractivity contribution in [2.45, 2.75) is 0 Å². The molecule has 1 aromatic carbocycles. The van der Waals surface area contributed by atoms with Crippen LogP contribution < -0.4 is 5.32 Å². The number of likely N-dealkylation sites (N-methyl/N-ethyl adjacent to an activating group) is 1. The Kier molecular flexibility index (Phi) is 9.34. The van der Waals surface area contributed by atoms with Crippen LogP contribution in [-0.4, -0.2) is 61.1 Å². The van der Waals surface area contributed by atoms with Gasteiger partial charge in [-0.3, -0.25) is 14.9 Å². The minimum atomic E-state index is -0.405. The van der Waals surface area contributed by atoms with E-state index in [1.807, 2.05) is 0 Å². The van der Waals surface area contributed by atoms with Crippen LogP contribution in [0.4, 0.5) is 5.95 Å². The molecule has 0 aliphatic rings. The smallest absolute Gasteiger partial charge is 0.257 e. The minimum Gasteiger partial charge on any atom is -0.495 e. The maximum absolute atomic E-state index is 12.8. The number of benzene rings is 1. The molecular weight excluding hydrogens is 432 g/mol. The second-order valence-corrected chi connectivity index (χ2v) is 7.29. The van der Waals surface area contributed by atoms with E-state index in [1.54, 1.807) is 61.6 Å². The lowest BCUT2D eigenvalue weighted by molar-refractivity contribution is 0.0744. The van der Waals surface area contributed by atoms with Crippen molar-refractivity contribution in [2.24, 2.45) is 0 Å². The highest BCUT2D eigenvalue weighted by atomic mass is 16.5. The minimum absolute atomic E-state index is 0.161. The summed E-state index contributed by atoms with van der Waals surface area (Å²) in [6.45, 7) is 16.4. The Hall–Kier alpha value is -4.17. The van der Waals surface area contributed by atoms with Crippen LogP contribution in [-0.2, 0) is 9.47 Å². The fourth-order valence-electron chi connectivity index (χ4n) is 2.89. The van der Waals surface area contributed by atoms with Crippen LogP contribution >= 0.6 is 0 Å². The number of hydrogen-bond acceptors (Lipinski definition) is 5. The summed E-state index contributed by atoms with van der Waals surface area (Å²) < 4.78 is 10.2. The first kappa shape index (κ1) is 26.1. The molecule has 1 heterocycles. The normalized spacial score (nSPS) is 10.6. The van der Waals surface area contributed by atoms with E-state index in [1.165, 1.54) is 7.11 Å². The number of H-pyrrole nitrogens is 1. The molecule has 1 aromatic heterocycles. The number of aromatic nitrogens is 2. The second kappa shape index (κ2) is 12.2. The third-order valence-electron chi connectivity index (χ3n) is 4.94. The van der Waals surface area contributed by atoms with Gasteiger partial charge in [0.1, 0.15) is 17.1 Å². The van der Waals surface area contributed by atoms with Crippen LogP contribution in [0.25, 0.3) is 11.3 Å². The topological polar surface area (TPSA) is 96.5 Å². The van der Waals surface area contributed by atoms with E-state index in [9.17, 15) is 9.59 Å². The Labute approximate surface area is 200 Å². The molecule has 0 atom stereocenters. The summed E-state index contributed by atoms with van der Waals surface area (Å²) in [4.78, 5) is 34.2. The number of allylic oxidation sites excluding steroid dienone is 5. The van der Waals surface area contributed by atoms with Gasteiger partial charge in [0.2, 0.25) is 5.95 Å². The third-order valence-corrected chi connectivity index (χ3v) is 4.94. The van der Waals surface area contributed by atoms with Crippen molar-refractivity contribution in [3.05, 3.63) is 96.9 Å². The Balaban J connectivity index is 2.21. The molecular formula is C26H30N4O4. The number of nitrogens with one attached hydrogen (secondary N) is 2. The summed E-state index contributed by atoms with van der Waals surface area (Å²) in [5.41, 5.74) is 2.89. The fraction of sp³-hybridized carbons (Fsp3) is 0.192. The summed E-state index contributed by atoms with van der Waals surface area (Å²) in [6, 6.07) is 6.35. The second-order valence-electron chi connectivity index (χ2n) is 7.29. The Morgan fingerprint density at radius 3 is 2.38 bits per heavy atom. The van der Waals surface area contributed by atoms with Crippen molar-refractivity contribution in [3.8, 4) is 0 Å². The number of anilines is 1. The maximum atomic E-state index is 12.8. The van der Waals surface area contributed by atoms with Gasteiger partial charge in [-0.25, -0.2) is 4.98 Å². The van der Waals surface area contributed by atoms with Gasteiger partial charge < -0.3 is 19.4 Å². The molecule has 0 spiro atoms. The van der Waals surface area contributed by atoms with Crippen molar-refractivity contribution < 1.29 is 19.1 Å². The number of hydrogen-bond donors (Lipinski definition) is 2. The number of carbonyl (C=O) groups is 2. The lowest BCUT2D eigenvalue weighted by Crippen LogP contribution is -2.29. The van der Waals surface area contributed by atoms with Gasteiger partial charge in [0, 0.05) is 37.4 Å². The molecule has 2 aromatic rings. The van der Waals surface area contributed by atoms with Crippen molar-refractivity contribution in [2.75, 3.05) is 39.7 Å². The Bertz CT molecular complexity index is 1130. The quantitative estimate of drug-likeness (QED) is 0.362. The van der Waals surface area contributed by atoms with Gasteiger partial charge in [-0.1, -0.05) is 44.5 Å². The summed E-state index contributed by atoms with van der Waals surface area (Å²) in [5, 5.41) is 2.72. The molecule has 2 amide bonds. The predicted octanol–water partition coefficient (Wildman–Crippen LogP) is 4.31. The van der Waals surface area contributed by atoms with Crippen molar-refractivity contribution in [1.29, 1.82) is 0 Å². The van der Waals surface area contributed by atoms with Gasteiger partial charge in [0.25, 0.3) is 11.8 Å². The number of rotatable bonds is 12. The molecule has 0 unspecified atom stereocenters. The van der Waals surface area contributed by atoms with Crippen LogP contribution in [0.15, 0.2) is 74.4 Å². The van der Waals surface area contributed by atoms with Gasteiger partial charge in [-0.2, -0.15) is 0 Å². The summed E-state index contributed by atoms with van der Waals surface area (Å²) in [6.07, 6.45) is 5.11. The Morgan fingerprint density at radius 1 is 1.15 bits per heavy atom. The molecule has 2 rings (SSSR count). The van der Waals surface area contributed by atoms with Gasteiger partial charge in [-0.05, 0) is 29.8 Å². The number of carbonyl (C=O) groups excluding carboxylic acids is 2. The van der Waals surface area contributed by atoms with E-state index in [0.29, 0.717) is 52.6 Å². The van der Waals surface area contributed by atoms with Gasteiger partial charge in [0.05, 0.1) is 13.7 Å². The van der Waals surface area contributed by atoms with Crippen LogP contribution in [0.2, 0.25) is 0 Å². The largest absolute Gasteiger partial charge is 0.495 e. The molecule has 0 saturated heterocycles. The monoisotopic (exact) mass is 462 g/mol. The van der Waals surface area contributed by atoms with E-state index >= 15 is 0 Å². The number of ether oxygens (including phenoxy) is 2. The first-order chi connectivity index (χ1) is 16.2. The van der Waals surface area contributed by atoms with E-state index in [-0.39, 0.29) is 11.9 Å². The zero-order valence-corrected chi connectivity index (χ0v) is 19.8. The molecule has 0 fully saturated rings. The number of imidazole rings is 1. The highest BCUT2D eigenvalue weighted by Crippen LogP contribution is 2.28. The van der Waals surface area contributed by atoms with E-state index in [2.05, 4.69) is 41.6 Å². The number of aromatic amines is 1. The van der Waals surface area contributed by atoms with Crippen molar-refractivity contribution in [3.63, 3.8) is 0 Å².